The second kappa shape index (κ2) is 6.56. The van der Waals surface area contributed by atoms with Crippen LogP contribution in [0.1, 0.15) is 12.0 Å². The Kier molecular flexibility index (Phi) is 4.01. The van der Waals surface area contributed by atoms with Crippen LogP contribution in [0.3, 0.4) is 0 Å². The highest BCUT2D eigenvalue weighted by atomic mass is 19.1. The molecule has 6 rings (SSSR count). The Morgan fingerprint density at radius 1 is 1.00 bits per heavy atom. The van der Waals surface area contributed by atoms with Crippen LogP contribution in [-0.4, -0.2) is 40.1 Å². The van der Waals surface area contributed by atoms with Crippen molar-refractivity contribution in [2.45, 2.75) is 25.6 Å². The van der Waals surface area contributed by atoms with Gasteiger partial charge in [-0.05, 0) is 42.8 Å². The second-order valence-electron chi connectivity index (χ2n) is 7.34. The molecule has 3 aliphatic rings. The molecule has 2 aromatic carbocycles. The lowest BCUT2D eigenvalue weighted by Crippen LogP contribution is -2.57. The highest BCUT2D eigenvalue weighted by Crippen LogP contribution is 2.33. The van der Waals surface area contributed by atoms with E-state index in [1.165, 1.54) is 23.1 Å². The van der Waals surface area contributed by atoms with E-state index in [4.69, 9.17) is 4.74 Å². The van der Waals surface area contributed by atoms with E-state index in [2.05, 4.69) is 32.4 Å². The summed E-state index contributed by atoms with van der Waals surface area (Å²) >= 11 is 0. The number of hydrogen-bond acceptors (Lipinski definition) is 5. The minimum absolute atomic E-state index is 0.274. The number of aryl methyl sites for hydroxylation is 1. The number of halogens is 2. The maximum atomic E-state index is 13.4. The monoisotopic (exact) mass is 383 g/mol. The van der Waals surface area contributed by atoms with Gasteiger partial charge in [0, 0.05) is 37.0 Å². The molecule has 3 fully saturated rings. The second-order valence-corrected chi connectivity index (χ2v) is 7.34. The first-order valence-corrected chi connectivity index (χ1v) is 9.19. The van der Waals surface area contributed by atoms with Crippen molar-refractivity contribution < 1.29 is 13.5 Å². The molecular formula is C20H19F2N5O. The average Bonchev–Trinajstić information content (AvgIpc) is 3.08. The molecule has 144 valence electrons. The molecule has 3 saturated heterocycles. The number of fused-ring (bicyclic) bond motifs is 2. The van der Waals surface area contributed by atoms with E-state index in [0.717, 1.165) is 42.5 Å². The SMILES string of the molecule is Cc1cc(Nc2ncn(-c3cc(F)cc(F)c3)n2)cc(N2CC3C[C@@H](C2)O3)c1. The van der Waals surface area contributed by atoms with Gasteiger partial charge < -0.3 is 15.0 Å². The van der Waals surface area contributed by atoms with Gasteiger partial charge in [-0.3, -0.25) is 0 Å². The number of nitrogens with one attached hydrogen (secondary N) is 1. The quantitative estimate of drug-likeness (QED) is 0.746. The van der Waals surface area contributed by atoms with Crippen LogP contribution in [0.4, 0.5) is 26.1 Å². The molecule has 1 unspecified atom stereocenters. The standard InChI is InChI=1S/C20H19F2N5O/c1-12-2-15(7-16(3-12)26-9-18-8-19(10-26)28-18)24-20-23-11-27(25-20)17-5-13(21)4-14(22)6-17/h2-7,11,18-19H,8-10H2,1H3,(H,24,25)/t18-,19?/m0/s1. The summed E-state index contributed by atoms with van der Waals surface area (Å²) < 4.78 is 33.9. The molecule has 8 heteroatoms. The number of piperidine rings is 1. The number of anilines is 3. The number of hydrogen-bond donors (Lipinski definition) is 1. The maximum absolute atomic E-state index is 13.4. The van der Waals surface area contributed by atoms with Gasteiger partial charge in [-0.2, -0.15) is 4.98 Å². The van der Waals surface area contributed by atoms with Crippen LogP contribution in [0.25, 0.3) is 5.69 Å². The normalized spacial score (nSPS) is 20.8. The van der Waals surface area contributed by atoms with E-state index in [1.54, 1.807) is 0 Å². The van der Waals surface area contributed by atoms with Crippen molar-refractivity contribution in [1.82, 2.24) is 14.8 Å². The highest BCUT2D eigenvalue weighted by molar-refractivity contribution is 5.64. The molecule has 0 amide bonds. The van der Waals surface area contributed by atoms with Gasteiger partial charge >= 0.3 is 0 Å². The fourth-order valence-electron chi connectivity index (χ4n) is 3.83. The molecule has 0 aliphatic carbocycles. The zero-order chi connectivity index (χ0) is 19.3. The Hall–Kier alpha value is -3.00. The van der Waals surface area contributed by atoms with E-state index in [1.807, 2.05) is 13.0 Å². The van der Waals surface area contributed by atoms with Gasteiger partial charge in [0.05, 0.1) is 17.9 Å². The van der Waals surface area contributed by atoms with E-state index in [-0.39, 0.29) is 5.69 Å². The maximum Gasteiger partial charge on any atom is 0.246 e. The Balaban J connectivity index is 1.37. The summed E-state index contributed by atoms with van der Waals surface area (Å²) in [5.41, 5.74) is 3.38. The zero-order valence-electron chi connectivity index (χ0n) is 15.3. The highest BCUT2D eigenvalue weighted by Gasteiger charge is 2.38. The van der Waals surface area contributed by atoms with E-state index in [0.29, 0.717) is 18.2 Å². The first-order chi connectivity index (χ1) is 13.5. The van der Waals surface area contributed by atoms with Gasteiger partial charge in [-0.1, -0.05) is 0 Å². The average molecular weight is 383 g/mol. The smallest absolute Gasteiger partial charge is 0.246 e. The van der Waals surface area contributed by atoms with E-state index in [9.17, 15) is 8.78 Å². The van der Waals surface area contributed by atoms with Crippen molar-refractivity contribution in [2.75, 3.05) is 23.3 Å². The summed E-state index contributed by atoms with van der Waals surface area (Å²) in [6, 6.07) is 9.45. The van der Waals surface area contributed by atoms with Crippen molar-refractivity contribution in [3.63, 3.8) is 0 Å². The molecular weight excluding hydrogens is 364 g/mol. The molecule has 4 heterocycles. The van der Waals surface area contributed by atoms with Crippen molar-refractivity contribution in [1.29, 1.82) is 0 Å². The summed E-state index contributed by atoms with van der Waals surface area (Å²) in [4.78, 5) is 6.54. The van der Waals surface area contributed by atoms with Crippen LogP contribution >= 0.6 is 0 Å². The van der Waals surface area contributed by atoms with Crippen LogP contribution in [0.5, 0.6) is 0 Å². The molecule has 2 bridgehead atoms. The Bertz CT molecular complexity index is 1000. The van der Waals surface area contributed by atoms with Crippen molar-refractivity contribution in [3.8, 4) is 5.69 Å². The topological polar surface area (TPSA) is 55.2 Å². The van der Waals surface area contributed by atoms with Gasteiger partial charge in [-0.15, -0.1) is 5.10 Å². The molecule has 3 aliphatic heterocycles. The molecule has 0 saturated carbocycles. The van der Waals surface area contributed by atoms with Crippen LogP contribution in [0.2, 0.25) is 0 Å². The fraction of sp³-hybridized carbons (Fsp3) is 0.300. The van der Waals surface area contributed by atoms with Crippen molar-refractivity contribution in [3.05, 3.63) is 59.9 Å². The minimum Gasteiger partial charge on any atom is -0.371 e. The third kappa shape index (κ3) is 3.31. The number of morpholine rings is 1. The predicted octanol–water partition coefficient (Wildman–Crippen LogP) is 3.58. The lowest BCUT2D eigenvalue weighted by molar-refractivity contribution is -0.133. The summed E-state index contributed by atoms with van der Waals surface area (Å²) in [5.74, 6) is -0.968. The Labute approximate surface area is 160 Å². The number of ether oxygens (including phenoxy) is 1. The third-order valence-electron chi connectivity index (χ3n) is 5.05. The van der Waals surface area contributed by atoms with E-state index >= 15 is 0 Å². The summed E-state index contributed by atoms with van der Waals surface area (Å²) in [6.07, 6.45) is 3.23. The summed E-state index contributed by atoms with van der Waals surface area (Å²) in [7, 11) is 0. The van der Waals surface area contributed by atoms with Crippen LogP contribution in [-0.2, 0) is 4.74 Å². The molecule has 1 N–H and O–H groups in total. The first-order valence-electron chi connectivity index (χ1n) is 9.19. The number of benzene rings is 2. The fourth-order valence-corrected chi connectivity index (χ4v) is 3.83. The number of rotatable bonds is 4. The zero-order valence-corrected chi connectivity index (χ0v) is 15.3. The van der Waals surface area contributed by atoms with Gasteiger partial charge in [0.25, 0.3) is 0 Å². The molecule has 0 spiro atoms. The van der Waals surface area contributed by atoms with Gasteiger partial charge in [-0.25, -0.2) is 13.5 Å². The van der Waals surface area contributed by atoms with Crippen LogP contribution < -0.4 is 10.2 Å². The number of nitrogens with zero attached hydrogens (tertiary/aromatic N) is 4. The molecule has 2 atom stereocenters. The first kappa shape index (κ1) is 17.1. The van der Waals surface area contributed by atoms with Crippen molar-refractivity contribution in [2.24, 2.45) is 0 Å². The van der Waals surface area contributed by atoms with E-state index < -0.39 is 11.6 Å². The number of aromatic nitrogens is 3. The molecule has 3 aromatic rings. The Morgan fingerprint density at radius 2 is 1.71 bits per heavy atom. The van der Waals surface area contributed by atoms with Crippen molar-refractivity contribution >= 4 is 17.3 Å². The molecule has 1 aromatic heterocycles. The van der Waals surface area contributed by atoms with Crippen LogP contribution in [0.15, 0.2) is 42.7 Å². The summed E-state index contributed by atoms with van der Waals surface area (Å²) in [5, 5.41) is 7.45. The third-order valence-corrected chi connectivity index (χ3v) is 5.05. The van der Waals surface area contributed by atoms with Gasteiger partial charge in [0.2, 0.25) is 5.95 Å². The molecule has 0 radical (unpaired) electrons. The largest absolute Gasteiger partial charge is 0.371 e. The molecule has 6 nitrogen and oxygen atoms in total. The predicted molar refractivity (Wildman–Crippen MR) is 101 cm³/mol. The minimum atomic E-state index is -0.660. The lowest BCUT2D eigenvalue weighted by Gasteiger charge is -2.48. The van der Waals surface area contributed by atoms with Gasteiger partial charge in [0.15, 0.2) is 0 Å². The van der Waals surface area contributed by atoms with Gasteiger partial charge in [0.1, 0.15) is 18.0 Å². The lowest BCUT2D eigenvalue weighted by atomic mass is 9.98. The van der Waals surface area contributed by atoms with Crippen LogP contribution in [0, 0.1) is 18.6 Å². The summed E-state index contributed by atoms with van der Waals surface area (Å²) in [6.45, 7) is 3.84. The molecule has 28 heavy (non-hydrogen) atoms. The Morgan fingerprint density at radius 3 is 2.43 bits per heavy atom.